The summed E-state index contributed by atoms with van der Waals surface area (Å²) in [5, 5.41) is 3.62. The van der Waals surface area contributed by atoms with Gasteiger partial charge in [-0.2, -0.15) is 0 Å². The van der Waals surface area contributed by atoms with Crippen molar-refractivity contribution < 1.29 is 9.47 Å². The maximum Gasteiger partial charge on any atom is 0.162 e. The third-order valence-electron chi connectivity index (χ3n) is 4.27. The molecule has 0 aromatic heterocycles. The van der Waals surface area contributed by atoms with E-state index in [4.69, 9.17) is 9.47 Å². The van der Waals surface area contributed by atoms with E-state index >= 15 is 0 Å². The molecule has 1 saturated heterocycles. The molecule has 2 rings (SSSR count). The van der Waals surface area contributed by atoms with Crippen molar-refractivity contribution in [2.75, 3.05) is 38.8 Å². The Morgan fingerprint density at radius 2 is 2.05 bits per heavy atom. The number of anilines is 1. The first kappa shape index (κ1) is 15.0. The molecular weight excluding hydrogens is 252 g/mol. The second-order valence-electron chi connectivity index (χ2n) is 5.43. The normalized spacial score (nSPS) is 20.6. The first-order valence-corrected chi connectivity index (χ1v) is 7.40. The van der Waals surface area contributed by atoms with Gasteiger partial charge in [-0.05, 0) is 18.1 Å². The Hall–Kier alpha value is -1.42. The highest BCUT2D eigenvalue weighted by Crippen LogP contribution is 2.32. The Kier molecular flexibility index (Phi) is 5.12. The Morgan fingerprint density at radius 3 is 2.70 bits per heavy atom. The Bertz CT molecular complexity index is 436. The smallest absolute Gasteiger partial charge is 0.162 e. The van der Waals surface area contributed by atoms with Gasteiger partial charge in [0.15, 0.2) is 11.5 Å². The molecule has 1 aromatic rings. The molecule has 1 N–H and O–H groups in total. The lowest BCUT2D eigenvalue weighted by Crippen LogP contribution is -2.53. The molecule has 1 aliphatic heterocycles. The predicted octanol–water partition coefficient (Wildman–Crippen LogP) is 2.53. The van der Waals surface area contributed by atoms with Gasteiger partial charge in [0.25, 0.3) is 0 Å². The second-order valence-corrected chi connectivity index (χ2v) is 5.43. The molecule has 0 aliphatic carbocycles. The largest absolute Gasteiger partial charge is 0.493 e. The average molecular weight is 278 g/mol. The summed E-state index contributed by atoms with van der Waals surface area (Å²) >= 11 is 0. The van der Waals surface area contributed by atoms with E-state index in [1.54, 1.807) is 14.2 Å². The van der Waals surface area contributed by atoms with E-state index in [9.17, 15) is 0 Å². The van der Waals surface area contributed by atoms with Crippen LogP contribution in [0.5, 0.6) is 11.5 Å². The zero-order valence-electron chi connectivity index (χ0n) is 13.0. The minimum atomic E-state index is 0.557. The van der Waals surface area contributed by atoms with E-state index < -0.39 is 0 Å². The molecule has 0 spiro atoms. The van der Waals surface area contributed by atoms with Gasteiger partial charge in [0.2, 0.25) is 0 Å². The monoisotopic (exact) mass is 278 g/mol. The minimum absolute atomic E-state index is 0.557. The van der Waals surface area contributed by atoms with Crippen LogP contribution in [0.4, 0.5) is 5.69 Å². The van der Waals surface area contributed by atoms with Crippen molar-refractivity contribution in [1.82, 2.24) is 5.32 Å². The summed E-state index contributed by atoms with van der Waals surface area (Å²) in [6, 6.07) is 6.72. The van der Waals surface area contributed by atoms with Gasteiger partial charge < -0.3 is 19.7 Å². The lowest BCUT2D eigenvalue weighted by molar-refractivity contribution is 0.340. The number of piperazine rings is 1. The standard InChI is InChI=1S/C16H26N2O2/c1-5-12(2)14-11-18(9-8-17-14)13-6-7-15(19-3)16(10-13)20-4/h6-7,10,12,14,17H,5,8-9,11H2,1-4H3. The zero-order chi connectivity index (χ0) is 14.5. The van der Waals surface area contributed by atoms with Gasteiger partial charge in [0, 0.05) is 37.4 Å². The second kappa shape index (κ2) is 6.84. The molecule has 0 bridgehead atoms. The van der Waals surface area contributed by atoms with Crippen LogP contribution in [0, 0.1) is 5.92 Å². The average Bonchev–Trinajstić information content (AvgIpc) is 2.53. The Labute approximate surface area is 122 Å². The van der Waals surface area contributed by atoms with Crippen LogP contribution in [-0.2, 0) is 0 Å². The topological polar surface area (TPSA) is 33.7 Å². The van der Waals surface area contributed by atoms with Gasteiger partial charge in [0.05, 0.1) is 14.2 Å². The lowest BCUT2D eigenvalue weighted by Gasteiger charge is -2.38. The van der Waals surface area contributed by atoms with Crippen molar-refractivity contribution in [1.29, 1.82) is 0 Å². The van der Waals surface area contributed by atoms with Crippen molar-refractivity contribution in [2.45, 2.75) is 26.3 Å². The first-order chi connectivity index (χ1) is 9.69. The maximum atomic E-state index is 5.40. The number of hydrogen-bond acceptors (Lipinski definition) is 4. The summed E-state index contributed by atoms with van der Waals surface area (Å²) in [5.41, 5.74) is 1.21. The van der Waals surface area contributed by atoms with E-state index in [0.29, 0.717) is 12.0 Å². The maximum absolute atomic E-state index is 5.40. The van der Waals surface area contributed by atoms with E-state index in [2.05, 4.69) is 36.2 Å². The molecular formula is C16H26N2O2. The SMILES string of the molecule is CCC(C)C1CN(c2ccc(OC)c(OC)c2)CCN1. The number of nitrogens with one attached hydrogen (secondary N) is 1. The highest BCUT2D eigenvalue weighted by atomic mass is 16.5. The number of ether oxygens (including phenoxy) is 2. The number of nitrogens with zero attached hydrogens (tertiary/aromatic N) is 1. The van der Waals surface area contributed by atoms with Crippen LogP contribution in [0.1, 0.15) is 20.3 Å². The fourth-order valence-electron chi connectivity index (χ4n) is 2.70. The summed E-state index contributed by atoms with van der Waals surface area (Å²) in [6.45, 7) is 7.67. The van der Waals surface area contributed by atoms with Crippen LogP contribution in [0.15, 0.2) is 18.2 Å². The molecule has 2 unspecified atom stereocenters. The Morgan fingerprint density at radius 1 is 1.30 bits per heavy atom. The van der Waals surface area contributed by atoms with Gasteiger partial charge in [-0.15, -0.1) is 0 Å². The molecule has 1 aliphatic rings. The van der Waals surface area contributed by atoms with Crippen molar-refractivity contribution in [3.05, 3.63) is 18.2 Å². The Balaban J connectivity index is 2.14. The highest BCUT2D eigenvalue weighted by molar-refractivity contribution is 5.56. The quantitative estimate of drug-likeness (QED) is 0.897. The molecule has 1 aromatic carbocycles. The van der Waals surface area contributed by atoms with Crippen LogP contribution in [0.3, 0.4) is 0 Å². The molecule has 2 atom stereocenters. The number of methoxy groups -OCH3 is 2. The number of benzene rings is 1. The van der Waals surface area contributed by atoms with Crippen LogP contribution >= 0.6 is 0 Å². The third-order valence-corrected chi connectivity index (χ3v) is 4.27. The van der Waals surface area contributed by atoms with Gasteiger partial charge in [-0.25, -0.2) is 0 Å². The summed E-state index contributed by atoms with van der Waals surface area (Å²) < 4.78 is 10.7. The van der Waals surface area contributed by atoms with Gasteiger partial charge >= 0.3 is 0 Å². The fraction of sp³-hybridized carbons (Fsp3) is 0.625. The summed E-state index contributed by atoms with van der Waals surface area (Å²) in [6.07, 6.45) is 1.21. The summed E-state index contributed by atoms with van der Waals surface area (Å²) in [5.74, 6) is 2.27. The van der Waals surface area contributed by atoms with Gasteiger partial charge in [-0.3, -0.25) is 0 Å². The van der Waals surface area contributed by atoms with E-state index in [0.717, 1.165) is 31.1 Å². The third kappa shape index (κ3) is 3.18. The van der Waals surface area contributed by atoms with E-state index in [1.807, 2.05) is 6.07 Å². The molecule has 4 nitrogen and oxygen atoms in total. The van der Waals surface area contributed by atoms with E-state index in [-0.39, 0.29) is 0 Å². The minimum Gasteiger partial charge on any atom is -0.493 e. The molecule has 112 valence electrons. The summed E-state index contributed by atoms with van der Waals surface area (Å²) in [4.78, 5) is 2.43. The van der Waals surface area contributed by atoms with Gasteiger partial charge in [-0.1, -0.05) is 20.3 Å². The fourth-order valence-corrected chi connectivity index (χ4v) is 2.70. The van der Waals surface area contributed by atoms with Crippen LogP contribution < -0.4 is 19.7 Å². The molecule has 0 radical (unpaired) electrons. The molecule has 0 amide bonds. The predicted molar refractivity (Wildman–Crippen MR) is 83.0 cm³/mol. The zero-order valence-corrected chi connectivity index (χ0v) is 13.0. The lowest BCUT2D eigenvalue weighted by atomic mass is 9.97. The first-order valence-electron chi connectivity index (χ1n) is 7.40. The van der Waals surface area contributed by atoms with Crippen LogP contribution in [0.2, 0.25) is 0 Å². The van der Waals surface area contributed by atoms with Crippen LogP contribution in [-0.4, -0.2) is 39.9 Å². The molecule has 20 heavy (non-hydrogen) atoms. The molecule has 0 saturated carbocycles. The molecule has 1 fully saturated rings. The van der Waals surface area contributed by atoms with Crippen molar-refractivity contribution in [3.63, 3.8) is 0 Å². The van der Waals surface area contributed by atoms with Crippen molar-refractivity contribution in [3.8, 4) is 11.5 Å². The summed E-state index contributed by atoms with van der Waals surface area (Å²) in [7, 11) is 3.35. The number of rotatable bonds is 5. The van der Waals surface area contributed by atoms with E-state index in [1.165, 1.54) is 12.1 Å². The molecule has 1 heterocycles. The highest BCUT2D eigenvalue weighted by Gasteiger charge is 2.23. The number of hydrogen-bond donors (Lipinski definition) is 1. The van der Waals surface area contributed by atoms with Crippen molar-refractivity contribution >= 4 is 5.69 Å². The van der Waals surface area contributed by atoms with Crippen LogP contribution in [0.25, 0.3) is 0 Å². The molecule has 4 heteroatoms. The van der Waals surface area contributed by atoms with Gasteiger partial charge in [0.1, 0.15) is 0 Å². The van der Waals surface area contributed by atoms with Crippen molar-refractivity contribution in [2.24, 2.45) is 5.92 Å².